The van der Waals surface area contributed by atoms with Crippen LogP contribution in [0, 0.1) is 0 Å². The Morgan fingerprint density at radius 1 is 0.742 bits per heavy atom. The molecular weight excluding hydrogens is 524 g/mol. The topological polar surface area (TPSA) is 82.9 Å². The van der Waals surface area contributed by atoms with Crippen molar-refractivity contribution in [1.29, 1.82) is 0 Å². The quantitative estimate of drug-likeness (QED) is 0.231. The lowest BCUT2D eigenvalue weighted by Crippen LogP contribution is -2.19. The van der Waals surface area contributed by atoms with Crippen LogP contribution in [0.1, 0.15) is 57.1 Å². The molecule has 0 bridgehead atoms. The van der Waals surface area contributed by atoms with Gasteiger partial charge in [-0.3, -0.25) is 9.59 Å². The summed E-state index contributed by atoms with van der Waals surface area (Å²) < 4.78 is 1.92. The van der Waals surface area contributed by atoms with E-state index in [4.69, 9.17) is 0 Å². The zero-order valence-electron chi connectivity index (χ0n) is 17.6. The molecule has 2 amide bonds. The normalized spacial score (nSPS) is 11.9. The van der Waals surface area contributed by atoms with E-state index in [1.165, 1.54) is 0 Å². The summed E-state index contributed by atoms with van der Waals surface area (Å²) in [6.07, 6.45) is 2.92. The van der Waals surface area contributed by atoms with Gasteiger partial charge in [0.1, 0.15) is 0 Å². The van der Waals surface area contributed by atoms with E-state index in [9.17, 15) is 9.59 Å². The average Bonchev–Trinajstić information content (AvgIpc) is 2.75. The van der Waals surface area contributed by atoms with E-state index in [1.54, 1.807) is 0 Å². The van der Waals surface area contributed by atoms with Crippen molar-refractivity contribution < 1.29 is 9.59 Å². The molecule has 0 heterocycles. The first kappa shape index (κ1) is 24.9. The van der Waals surface area contributed by atoms with Gasteiger partial charge >= 0.3 is 0 Å². The van der Waals surface area contributed by atoms with Crippen LogP contribution in [0.3, 0.4) is 0 Å². The first-order chi connectivity index (χ1) is 14.8. The molecule has 0 aliphatic rings. The number of hydrazone groups is 2. The Kier molecular flexibility index (Phi) is 10.6. The summed E-state index contributed by atoms with van der Waals surface area (Å²) in [5.41, 5.74) is 8.54. The van der Waals surface area contributed by atoms with Crippen molar-refractivity contribution in [3.63, 3.8) is 0 Å². The van der Waals surface area contributed by atoms with Gasteiger partial charge in [-0.25, -0.2) is 10.9 Å². The minimum Gasteiger partial charge on any atom is -0.273 e. The van der Waals surface area contributed by atoms with E-state index in [2.05, 4.69) is 52.9 Å². The average molecular weight is 550 g/mol. The van der Waals surface area contributed by atoms with Gasteiger partial charge in [-0.1, -0.05) is 62.5 Å². The number of amides is 2. The Labute approximate surface area is 199 Å². The Balaban J connectivity index is 1.63. The third-order valence-electron chi connectivity index (χ3n) is 4.49. The van der Waals surface area contributed by atoms with Gasteiger partial charge in [0.05, 0.1) is 11.4 Å². The van der Waals surface area contributed by atoms with Gasteiger partial charge in [-0.05, 0) is 62.1 Å². The maximum absolute atomic E-state index is 12.0. The maximum Gasteiger partial charge on any atom is 0.240 e. The maximum atomic E-state index is 12.0. The molecule has 2 rings (SSSR count). The van der Waals surface area contributed by atoms with Crippen molar-refractivity contribution in [2.24, 2.45) is 10.2 Å². The largest absolute Gasteiger partial charge is 0.273 e. The molecule has 0 radical (unpaired) electrons. The van der Waals surface area contributed by atoms with Crippen LogP contribution in [0.15, 0.2) is 67.7 Å². The second-order valence-corrected chi connectivity index (χ2v) is 8.88. The van der Waals surface area contributed by atoms with Gasteiger partial charge in [0.15, 0.2) is 0 Å². The van der Waals surface area contributed by atoms with Crippen LogP contribution in [0.4, 0.5) is 0 Å². The van der Waals surface area contributed by atoms with Crippen LogP contribution in [0.2, 0.25) is 0 Å². The highest BCUT2D eigenvalue weighted by atomic mass is 79.9. The summed E-state index contributed by atoms with van der Waals surface area (Å²) in [5.74, 6) is -0.263. The molecule has 0 saturated carbocycles. The Bertz CT molecular complexity index is 896. The SMILES string of the molecule is CC(=NNC(=O)CCCCCC(=O)NN=C(C)c1cccc(Br)c1)c1cccc(Br)c1. The third kappa shape index (κ3) is 9.57. The van der Waals surface area contributed by atoms with E-state index in [-0.39, 0.29) is 11.8 Å². The number of nitrogens with zero attached hydrogens (tertiary/aromatic N) is 2. The van der Waals surface area contributed by atoms with Crippen LogP contribution in [-0.4, -0.2) is 23.2 Å². The van der Waals surface area contributed by atoms with Crippen molar-refractivity contribution in [2.75, 3.05) is 0 Å². The fourth-order valence-electron chi connectivity index (χ4n) is 2.71. The minimum absolute atomic E-state index is 0.131. The predicted molar refractivity (Wildman–Crippen MR) is 132 cm³/mol. The number of nitrogens with one attached hydrogen (secondary N) is 2. The number of carbonyl (C=O) groups excluding carboxylic acids is 2. The van der Waals surface area contributed by atoms with Gasteiger partial charge in [0.2, 0.25) is 11.8 Å². The van der Waals surface area contributed by atoms with Crippen LogP contribution >= 0.6 is 31.9 Å². The molecule has 0 aliphatic heterocycles. The van der Waals surface area contributed by atoms with Gasteiger partial charge in [-0.15, -0.1) is 0 Å². The third-order valence-corrected chi connectivity index (χ3v) is 5.48. The van der Waals surface area contributed by atoms with E-state index in [1.807, 2.05) is 62.4 Å². The molecule has 31 heavy (non-hydrogen) atoms. The van der Waals surface area contributed by atoms with E-state index >= 15 is 0 Å². The molecule has 0 unspecified atom stereocenters. The number of unbranched alkanes of at least 4 members (excludes halogenated alkanes) is 2. The first-order valence-corrected chi connectivity index (χ1v) is 11.6. The van der Waals surface area contributed by atoms with Gasteiger partial charge in [0.25, 0.3) is 0 Å². The zero-order valence-corrected chi connectivity index (χ0v) is 20.8. The van der Waals surface area contributed by atoms with Crippen molar-refractivity contribution >= 4 is 55.1 Å². The Morgan fingerprint density at radius 3 is 1.55 bits per heavy atom. The Morgan fingerprint density at radius 2 is 1.16 bits per heavy atom. The number of hydrogen-bond acceptors (Lipinski definition) is 4. The summed E-state index contributed by atoms with van der Waals surface area (Å²) in [5, 5.41) is 8.30. The highest BCUT2D eigenvalue weighted by molar-refractivity contribution is 9.10. The lowest BCUT2D eigenvalue weighted by atomic mass is 10.1. The van der Waals surface area contributed by atoms with Gasteiger partial charge in [0, 0.05) is 21.8 Å². The van der Waals surface area contributed by atoms with Crippen molar-refractivity contribution in [2.45, 2.75) is 46.0 Å². The van der Waals surface area contributed by atoms with Crippen molar-refractivity contribution in [1.82, 2.24) is 10.9 Å². The summed E-state index contributed by atoms with van der Waals surface area (Å²) in [7, 11) is 0. The molecule has 0 atom stereocenters. The fraction of sp³-hybridized carbons (Fsp3) is 0.304. The molecule has 0 aliphatic carbocycles. The fourth-order valence-corrected chi connectivity index (χ4v) is 3.51. The molecule has 6 nitrogen and oxygen atoms in total. The molecule has 164 valence electrons. The number of benzene rings is 2. The van der Waals surface area contributed by atoms with Crippen LogP contribution < -0.4 is 10.9 Å². The van der Waals surface area contributed by atoms with Crippen molar-refractivity contribution in [3.8, 4) is 0 Å². The smallest absolute Gasteiger partial charge is 0.240 e. The highest BCUT2D eigenvalue weighted by Gasteiger charge is 2.05. The van der Waals surface area contributed by atoms with E-state index in [0.717, 1.165) is 37.9 Å². The number of halogens is 2. The molecule has 0 saturated heterocycles. The minimum atomic E-state index is -0.131. The summed E-state index contributed by atoms with van der Waals surface area (Å²) >= 11 is 6.84. The molecule has 0 aromatic heterocycles. The molecule has 2 aromatic rings. The number of carbonyl (C=O) groups is 2. The summed E-state index contributed by atoms with van der Waals surface area (Å²) in [6, 6.07) is 15.5. The number of hydrogen-bond donors (Lipinski definition) is 2. The predicted octanol–water partition coefficient (Wildman–Crippen LogP) is 5.54. The second-order valence-electron chi connectivity index (χ2n) is 7.05. The molecule has 0 spiro atoms. The zero-order chi connectivity index (χ0) is 22.6. The summed E-state index contributed by atoms with van der Waals surface area (Å²) in [6.45, 7) is 3.70. The first-order valence-electron chi connectivity index (χ1n) is 10.0. The number of rotatable bonds is 10. The van der Waals surface area contributed by atoms with Crippen LogP contribution in [0.5, 0.6) is 0 Å². The van der Waals surface area contributed by atoms with Gasteiger partial charge in [-0.2, -0.15) is 10.2 Å². The van der Waals surface area contributed by atoms with Crippen molar-refractivity contribution in [3.05, 3.63) is 68.6 Å². The highest BCUT2D eigenvalue weighted by Crippen LogP contribution is 2.13. The van der Waals surface area contributed by atoms with E-state index < -0.39 is 0 Å². The lowest BCUT2D eigenvalue weighted by Gasteiger charge is -2.05. The Hall–Kier alpha value is -2.32. The summed E-state index contributed by atoms with van der Waals surface area (Å²) in [4.78, 5) is 23.9. The lowest BCUT2D eigenvalue weighted by molar-refractivity contribution is -0.121. The standard InChI is InChI=1S/C23H26Br2N4O2/c1-16(18-8-6-10-20(24)14-18)26-28-22(30)12-4-3-5-13-23(31)29-27-17(2)19-9-7-11-21(25)15-19/h6-11,14-15H,3-5,12-13H2,1-2H3,(H,28,30)(H,29,31). The second kappa shape index (κ2) is 13.2. The molecule has 0 fully saturated rings. The monoisotopic (exact) mass is 548 g/mol. The van der Waals surface area contributed by atoms with Crippen LogP contribution in [0.25, 0.3) is 0 Å². The molecule has 8 heteroatoms. The molecule has 2 aromatic carbocycles. The van der Waals surface area contributed by atoms with Crippen LogP contribution in [-0.2, 0) is 9.59 Å². The molecular formula is C23H26Br2N4O2. The van der Waals surface area contributed by atoms with E-state index in [0.29, 0.717) is 25.7 Å². The van der Waals surface area contributed by atoms with Gasteiger partial charge < -0.3 is 0 Å². The molecule has 2 N–H and O–H groups in total.